The molecular weight excluding hydrogens is 543 g/mol. The van der Waals surface area contributed by atoms with Gasteiger partial charge in [0.25, 0.3) is 0 Å². The van der Waals surface area contributed by atoms with Crippen LogP contribution in [0.1, 0.15) is 154 Å². The van der Waals surface area contributed by atoms with E-state index >= 15 is 0 Å². The Balaban J connectivity index is 0.00000840. The van der Waals surface area contributed by atoms with Gasteiger partial charge >= 0.3 is 0 Å². The first-order chi connectivity index (χ1) is 19.7. The first kappa shape index (κ1) is 37.3. The summed E-state index contributed by atoms with van der Waals surface area (Å²) in [5.41, 5.74) is 7.40. The molecule has 0 spiro atoms. The fraction of sp³-hybridized carbons (Fsp3) is 0.632. The number of aryl methyl sites for hydroxylation is 2. The largest absolute Gasteiger partial charge is 0.252 e. The van der Waals surface area contributed by atoms with E-state index in [1.807, 2.05) is 0 Å². The van der Waals surface area contributed by atoms with Crippen LogP contribution in [0, 0.1) is 0 Å². The van der Waals surface area contributed by atoms with Gasteiger partial charge in [-0.15, -0.1) is 0 Å². The molecule has 0 atom stereocenters. The van der Waals surface area contributed by atoms with Crippen LogP contribution >= 0.6 is 0 Å². The van der Waals surface area contributed by atoms with Gasteiger partial charge in [-0.2, -0.15) is 0 Å². The van der Waals surface area contributed by atoms with Crippen molar-refractivity contribution in [2.45, 2.75) is 156 Å². The minimum atomic E-state index is 0. The van der Waals surface area contributed by atoms with Crippen LogP contribution in [0.4, 0.5) is 11.4 Å². The topological polar surface area (TPSA) is 24.7 Å². The second-order valence-corrected chi connectivity index (χ2v) is 11.7. The van der Waals surface area contributed by atoms with Crippen molar-refractivity contribution in [1.29, 1.82) is 0 Å². The van der Waals surface area contributed by atoms with Crippen LogP contribution in [0.2, 0.25) is 0 Å². The van der Waals surface area contributed by atoms with Gasteiger partial charge in [0.1, 0.15) is 0 Å². The van der Waals surface area contributed by atoms with E-state index in [-0.39, 0.29) is 16.5 Å². The van der Waals surface area contributed by atoms with Crippen molar-refractivity contribution in [1.82, 2.24) is 0 Å². The average molecular weight is 604 g/mol. The Bertz CT molecular complexity index is 898. The Hall–Kier alpha value is -1.73. The van der Waals surface area contributed by atoms with Gasteiger partial charge in [-0.05, 0) is 86.8 Å². The summed E-state index contributed by atoms with van der Waals surface area (Å²) in [5, 5.41) is 0. The van der Waals surface area contributed by atoms with Gasteiger partial charge in [0.2, 0.25) is 0 Å². The van der Waals surface area contributed by atoms with Crippen molar-refractivity contribution in [2.24, 2.45) is 9.98 Å². The molecule has 0 aromatic heterocycles. The maximum Gasteiger partial charge on any atom is 0.0636 e. The van der Waals surface area contributed by atoms with Crippen LogP contribution in [0.25, 0.3) is 0 Å². The summed E-state index contributed by atoms with van der Waals surface area (Å²) in [6, 6.07) is 17.9. The maximum absolute atomic E-state index is 5.27. The van der Waals surface area contributed by atoms with Gasteiger partial charge in [0, 0.05) is 16.5 Å². The molecule has 3 heteroatoms. The van der Waals surface area contributed by atoms with Crippen molar-refractivity contribution in [3.63, 3.8) is 0 Å². The molecule has 0 amide bonds. The van der Waals surface area contributed by atoms with Crippen LogP contribution < -0.4 is 0 Å². The molecule has 0 heterocycles. The van der Waals surface area contributed by atoms with E-state index in [0.717, 1.165) is 49.9 Å². The first-order valence-electron chi connectivity index (χ1n) is 17.0. The molecule has 0 saturated carbocycles. The predicted molar refractivity (Wildman–Crippen MR) is 180 cm³/mol. The van der Waals surface area contributed by atoms with E-state index in [9.17, 15) is 0 Å². The van der Waals surface area contributed by atoms with Gasteiger partial charge in [0.15, 0.2) is 0 Å². The minimum Gasteiger partial charge on any atom is -0.252 e. The summed E-state index contributed by atoms with van der Waals surface area (Å²) in [4.78, 5) is 10.5. The van der Waals surface area contributed by atoms with Crippen LogP contribution in [0.15, 0.2) is 58.5 Å². The molecule has 0 aliphatic heterocycles. The van der Waals surface area contributed by atoms with Crippen LogP contribution in [-0.4, -0.2) is 11.4 Å². The number of rotatable bonds is 23. The van der Waals surface area contributed by atoms with E-state index < -0.39 is 0 Å². The van der Waals surface area contributed by atoms with Crippen molar-refractivity contribution in [2.75, 3.05) is 0 Å². The number of hydrogen-bond donors (Lipinski definition) is 0. The summed E-state index contributed by atoms with van der Waals surface area (Å²) in [6.45, 7) is 9.11. The van der Waals surface area contributed by atoms with E-state index in [4.69, 9.17) is 9.98 Å². The molecule has 2 aromatic rings. The maximum atomic E-state index is 5.27. The van der Waals surface area contributed by atoms with Crippen molar-refractivity contribution in [3.8, 4) is 0 Å². The summed E-state index contributed by atoms with van der Waals surface area (Å²) in [6.07, 6.45) is 25.0. The summed E-state index contributed by atoms with van der Waals surface area (Å²) in [5.74, 6) is 0. The Morgan fingerprint density at radius 2 is 0.829 bits per heavy atom. The molecule has 0 aliphatic rings. The molecule has 0 bridgehead atoms. The van der Waals surface area contributed by atoms with Crippen LogP contribution in [0.5, 0.6) is 0 Å². The number of nitrogens with zero attached hydrogens (tertiary/aromatic N) is 2. The van der Waals surface area contributed by atoms with Crippen LogP contribution in [-0.2, 0) is 29.3 Å². The van der Waals surface area contributed by atoms with E-state index in [2.05, 4.69) is 76.2 Å². The first-order valence-corrected chi connectivity index (χ1v) is 17.0. The van der Waals surface area contributed by atoms with Gasteiger partial charge in [-0.3, -0.25) is 9.98 Å². The molecule has 0 fully saturated rings. The van der Waals surface area contributed by atoms with Crippen molar-refractivity contribution in [3.05, 3.63) is 59.7 Å². The van der Waals surface area contributed by atoms with E-state index in [1.54, 1.807) is 0 Å². The Labute approximate surface area is 264 Å². The fourth-order valence-corrected chi connectivity index (χ4v) is 5.31. The van der Waals surface area contributed by atoms with E-state index in [1.165, 1.54) is 112 Å². The average Bonchev–Trinajstić information content (AvgIpc) is 2.97. The summed E-state index contributed by atoms with van der Waals surface area (Å²) < 4.78 is 0. The Morgan fingerprint density at radius 3 is 1.22 bits per heavy atom. The molecule has 0 unspecified atom stereocenters. The molecule has 41 heavy (non-hydrogen) atoms. The van der Waals surface area contributed by atoms with Gasteiger partial charge in [0.05, 0.1) is 22.8 Å². The SMILES string of the molecule is CCCCCCCCc1cccc(N=C(CCCC)C(CCCC)=Nc2cccc(CCCCCCCC)c2)c1.[Ni]. The zero-order chi connectivity index (χ0) is 28.7. The smallest absolute Gasteiger partial charge is 0.0636 e. The number of benzene rings is 2. The number of aliphatic imine (C=N–C) groups is 2. The van der Waals surface area contributed by atoms with Gasteiger partial charge in [-0.1, -0.05) is 129 Å². The predicted octanol–water partition coefficient (Wildman–Crippen LogP) is 12.7. The second kappa shape index (κ2) is 24.8. The molecule has 0 radical (unpaired) electrons. The van der Waals surface area contributed by atoms with Crippen LogP contribution in [0.3, 0.4) is 0 Å². The third-order valence-corrected chi connectivity index (χ3v) is 7.85. The van der Waals surface area contributed by atoms with Crippen molar-refractivity contribution < 1.29 is 16.5 Å². The zero-order valence-electron chi connectivity index (χ0n) is 27.0. The van der Waals surface area contributed by atoms with Gasteiger partial charge < -0.3 is 0 Å². The number of unbranched alkanes of at least 4 members (excludes halogenated alkanes) is 12. The minimum absolute atomic E-state index is 0. The zero-order valence-corrected chi connectivity index (χ0v) is 28.0. The molecular formula is C38H60N2Ni. The standard InChI is InChI=1S/C38H60N2.Ni/c1-5-9-13-15-17-19-23-33-25-21-27-35(31-33)39-37(29-11-7-3)38(30-12-8-4)40-36-28-22-26-34(32-36)24-20-18-16-14-10-6-2;/h21-22,25-28,31-32H,5-20,23-24,29-30H2,1-4H3;. The molecule has 0 saturated heterocycles. The third-order valence-electron chi connectivity index (χ3n) is 7.85. The summed E-state index contributed by atoms with van der Waals surface area (Å²) >= 11 is 0. The molecule has 0 aliphatic carbocycles. The molecule has 2 aromatic carbocycles. The normalized spacial score (nSPS) is 12.0. The van der Waals surface area contributed by atoms with Crippen molar-refractivity contribution >= 4 is 22.8 Å². The van der Waals surface area contributed by atoms with E-state index in [0.29, 0.717) is 0 Å². The Kier molecular flexibility index (Phi) is 22.6. The molecule has 2 rings (SSSR count). The number of hydrogen-bond acceptors (Lipinski definition) is 2. The Morgan fingerprint density at radius 1 is 0.463 bits per heavy atom. The molecule has 0 N–H and O–H groups in total. The summed E-state index contributed by atoms with van der Waals surface area (Å²) in [7, 11) is 0. The quantitative estimate of drug-likeness (QED) is 0.0686. The molecule has 2 nitrogen and oxygen atoms in total. The third kappa shape index (κ3) is 17.1. The fourth-order valence-electron chi connectivity index (χ4n) is 5.31. The molecule has 232 valence electrons. The monoisotopic (exact) mass is 602 g/mol. The van der Waals surface area contributed by atoms with Gasteiger partial charge in [-0.25, -0.2) is 0 Å². The second-order valence-electron chi connectivity index (χ2n) is 11.7.